The third kappa shape index (κ3) is 5.11. The number of benzene rings is 1. The first-order valence-corrected chi connectivity index (χ1v) is 9.00. The molecular formula is C19H28N2O5. The lowest BCUT2D eigenvalue weighted by Crippen LogP contribution is -3.14. The van der Waals surface area contributed by atoms with Gasteiger partial charge in [0.1, 0.15) is 17.5 Å². The molecule has 1 saturated heterocycles. The summed E-state index contributed by atoms with van der Waals surface area (Å²) >= 11 is 0. The van der Waals surface area contributed by atoms with Crippen LogP contribution in [0.15, 0.2) is 18.2 Å². The fourth-order valence-electron chi connectivity index (χ4n) is 3.41. The fourth-order valence-corrected chi connectivity index (χ4v) is 3.41. The molecule has 0 unspecified atom stereocenters. The summed E-state index contributed by atoms with van der Waals surface area (Å²) in [7, 11) is 3.29. The lowest BCUT2D eigenvalue weighted by molar-refractivity contribution is -0.933. The molecule has 1 aromatic carbocycles. The zero-order chi connectivity index (χ0) is 19.1. The maximum absolute atomic E-state index is 12.2. The summed E-state index contributed by atoms with van der Waals surface area (Å²) in [5.74, 6) is 0.499. The molecule has 0 bridgehead atoms. The first-order valence-electron chi connectivity index (χ1n) is 9.00. The van der Waals surface area contributed by atoms with E-state index in [1.54, 1.807) is 14.2 Å². The SMILES string of the molecule is COc1ccc([C@H](C)[NH+]2CCN(C(=O)CCCC(=O)[O-])CC2)c(OC)c1. The topological polar surface area (TPSA) is 83.3 Å². The number of hydrogen-bond acceptors (Lipinski definition) is 5. The fraction of sp³-hybridized carbons (Fsp3) is 0.579. The average Bonchev–Trinajstić information content (AvgIpc) is 2.66. The standard InChI is InChI=1S/C19H28N2O5/c1-14(16-8-7-15(25-2)13-17(16)26-3)20-9-11-21(12-10-20)18(22)5-4-6-19(23)24/h7-8,13-14H,4-6,9-12H2,1-3H3,(H,23,24)/t14-/m0/s1. The molecule has 0 spiro atoms. The van der Waals surface area contributed by atoms with E-state index in [-0.39, 0.29) is 24.8 Å². The Bertz CT molecular complexity index is 626. The van der Waals surface area contributed by atoms with Gasteiger partial charge in [-0.15, -0.1) is 0 Å². The van der Waals surface area contributed by atoms with Crippen LogP contribution >= 0.6 is 0 Å². The van der Waals surface area contributed by atoms with E-state index in [1.165, 1.54) is 4.90 Å². The van der Waals surface area contributed by atoms with Crippen LogP contribution in [0.2, 0.25) is 0 Å². The van der Waals surface area contributed by atoms with Crippen molar-refractivity contribution < 1.29 is 29.1 Å². The Morgan fingerprint density at radius 1 is 1.19 bits per heavy atom. The summed E-state index contributed by atoms with van der Waals surface area (Å²) in [5, 5.41) is 10.4. The highest BCUT2D eigenvalue weighted by Gasteiger charge is 2.29. The van der Waals surface area contributed by atoms with Crippen LogP contribution in [0.1, 0.15) is 37.8 Å². The van der Waals surface area contributed by atoms with Crippen molar-refractivity contribution in [3.63, 3.8) is 0 Å². The van der Waals surface area contributed by atoms with Gasteiger partial charge in [0.15, 0.2) is 0 Å². The number of quaternary nitrogens is 1. The summed E-state index contributed by atoms with van der Waals surface area (Å²) in [6.45, 7) is 5.23. The molecule has 0 aliphatic carbocycles. The van der Waals surface area contributed by atoms with E-state index < -0.39 is 5.97 Å². The second kappa shape index (κ2) is 9.43. The number of carboxylic acid groups (broad SMARTS) is 1. The van der Waals surface area contributed by atoms with E-state index in [0.29, 0.717) is 19.5 Å². The van der Waals surface area contributed by atoms with Crippen LogP contribution in [-0.4, -0.2) is 57.2 Å². The van der Waals surface area contributed by atoms with Gasteiger partial charge in [0.25, 0.3) is 0 Å². The highest BCUT2D eigenvalue weighted by Crippen LogP contribution is 2.28. The summed E-state index contributed by atoms with van der Waals surface area (Å²) in [6, 6.07) is 6.10. The minimum Gasteiger partial charge on any atom is -0.550 e. The number of carboxylic acids is 1. The monoisotopic (exact) mass is 364 g/mol. The van der Waals surface area contributed by atoms with Gasteiger partial charge in [-0.05, 0) is 31.9 Å². The number of hydrogen-bond donors (Lipinski definition) is 1. The first-order chi connectivity index (χ1) is 12.5. The van der Waals surface area contributed by atoms with Crippen LogP contribution in [0.25, 0.3) is 0 Å². The molecule has 26 heavy (non-hydrogen) atoms. The minimum atomic E-state index is -1.10. The number of piperazine rings is 1. The average molecular weight is 364 g/mol. The minimum absolute atomic E-state index is 0.0278. The summed E-state index contributed by atoms with van der Waals surface area (Å²) < 4.78 is 10.8. The molecule has 1 atom stereocenters. The molecule has 0 saturated carbocycles. The number of carbonyl (C=O) groups excluding carboxylic acids is 2. The molecule has 1 amide bonds. The van der Waals surface area contributed by atoms with Gasteiger partial charge in [-0.1, -0.05) is 0 Å². The number of methoxy groups -OCH3 is 2. The van der Waals surface area contributed by atoms with E-state index in [1.807, 2.05) is 23.1 Å². The van der Waals surface area contributed by atoms with E-state index >= 15 is 0 Å². The summed E-state index contributed by atoms with van der Waals surface area (Å²) in [5.41, 5.74) is 1.12. The molecule has 0 radical (unpaired) electrons. The largest absolute Gasteiger partial charge is 0.550 e. The zero-order valence-corrected chi connectivity index (χ0v) is 15.7. The Balaban J connectivity index is 1.91. The predicted molar refractivity (Wildman–Crippen MR) is 94.1 cm³/mol. The second-order valence-electron chi connectivity index (χ2n) is 6.59. The predicted octanol–water partition coefficient (Wildman–Crippen LogP) is -0.588. The molecule has 1 aliphatic heterocycles. The van der Waals surface area contributed by atoms with Gasteiger partial charge in [-0.2, -0.15) is 0 Å². The number of ether oxygens (including phenoxy) is 2. The highest BCUT2D eigenvalue weighted by atomic mass is 16.5. The van der Waals surface area contributed by atoms with Gasteiger partial charge in [-0.3, -0.25) is 4.79 Å². The maximum atomic E-state index is 12.2. The van der Waals surface area contributed by atoms with Gasteiger partial charge in [-0.25, -0.2) is 0 Å². The second-order valence-corrected chi connectivity index (χ2v) is 6.59. The lowest BCUT2D eigenvalue weighted by Gasteiger charge is -2.36. The van der Waals surface area contributed by atoms with Crippen molar-refractivity contribution in [1.82, 2.24) is 4.90 Å². The number of aliphatic carboxylic acids is 1. The number of carbonyl (C=O) groups is 2. The first kappa shape index (κ1) is 20.0. The molecule has 7 nitrogen and oxygen atoms in total. The van der Waals surface area contributed by atoms with Gasteiger partial charge < -0.3 is 29.2 Å². The Hall–Kier alpha value is -2.28. The molecule has 144 valence electrons. The summed E-state index contributed by atoms with van der Waals surface area (Å²) in [4.78, 5) is 25.8. The van der Waals surface area contributed by atoms with Crippen LogP contribution in [0, 0.1) is 0 Å². The Kier molecular flexibility index (Phi) is 7.26. The number of nitrogens with zero attached hydrogens (tertiary/aromatic N) is 1. The smallest absolute Gasteiger partial charge is 0.222 e. The number of amides is 1. The molecule has 1 fully saturated rings. The van der Waals surface area contributed by atoms with Crippen molar-refractivity contribution in [2.24, 2.45) is 0 Å². The van der Waals surface area contributed by atoms with Crippen LogP contribution in [0.4, 0.5) is 0 Å². The number of rotatable bonds is 8. The quantitative estimate of drug-likeness (QED) is 0.667. The van der Waals surface area contributed by atoms with E-state index in [4.69, 9.17) is 9.47 Å². The van der Waals surface area contributed by atoms with Crippen molar-refractivity contribution in [1.29, 1.82) is 0 Å². The lowest BCUT2D eigenvalue weighted by atomic mass is 10.0. The third-order valence-corrected chi connectivity index (χ3v) is 5.05. The Morgan fingerprint density at radius 2 is 1.88 bits per heavy atom. The third-order valence-electron chi connectivity index (χ3n) is 5.05. The van der Waals surface area contributed by atoms with Gasteiger partial charge in [0, 0.05) is 18.5 Å². The van der Waals surface area contributed by atoms with Crippen molar-refractivity contribution >= 4 is 11.9 Å². The summed E-state index contributed by atoms with van der Waals surface area (Å²) in [6.07, 6.45) is 0.546. The Labute approximate surface area is 154 Å². The van der Waals surface area contributed by atoms with Crippen LogP contribution in [0.5, 0.6) is 11.5 Å². The van der Waals surface area contributed by atoms with Crippen molar-refractivity contribution in [2.75, 3.05) is 40.4 Å². The molecule has 1 N–H and O–H groups in total. The van der Waals surface area contributed by atoms with E-state index in [9.17, 15) is 14.7 Å². The van der Waals surface area contributed by atoms with Crippen molar-refractivity contribution in [2.45, 2.75) is 32.2 Å². The molecule has 1 aromatic rings. The highest BCUT2D eigenvalue weighted by molar-refractivity contribution is 5.76. The van der Waals surface area contributed by atoms with Crippen LogP contribution < -0.4 is 19.5 Å². The van der Waals surface area contributed by atoms with Crippen molar-refractivity contribution in [3.05, 3.63) is 23.8 Å². The van der Waals surface area contributed by atoms with Gasteiger partial charge in [0.2, 0.25) is 5.91 Å². The molecule has 0 aromatic heterocycles. The van der Waals surface area contributed by atoms with E-state index in [0.717, 1.165) is 30.2 Å². The molecule has 2 rings (SSSR count). The van der Waals surface area contributed by atoms with E-state index in [2.05, 4.69) is 6.92 Å². The molecule has 1 aliphatic rings. The van der Waals surface area contributed by atoms with Gasteiger partial charge in [0.05, 0.1) is 46.0 Å². The maximum Gasteiger partial charge on any atom is 0.222 e. The van der Waals surface area contributed by atoms with Crippen LogP contribution in [-0.2, 0) is 9.59 Å². The Morgan fingerprint density at radius 3 is 2.46 bits per heavy atom. The molecule has 7 heteroatoms. The van der Waals surface area contributed by atoms with Crippen molar-refractivity contribution in [3.8, 4) is 11.5 Å². The molecule has 1 heterocycles. The number of nitrogens with one attached hydrogen (secondary N) is 1. The molecular weight excluding hydrogens is 336 g/mol. The normalized spacial score (nSPS) is 16.2. The van der Waals surface area contributed by atoms with Gasteiger partial charge >= 0.3 is 0 Å². The zero-order valence-electron chi connectivity index (χ0n) is 15.7. The van der Waals surface area contributed by atoms with Crippen LogP contribution in [0.3, 0.4) is 0 Å².